The Morgan fingerprint density at radius 1 is 1.00 bits per heavy atom. The van der Waals surface area contributed by atoms with Crippen molar-refractivity contribution in [2.24, 2.45) is 0 Å². The van der Waals surface area contributed by atoms with Gasteiger partial charge in [-0.15, -0.1) is 0 Å². The van der Waals surface area contributed by atoms with Crippen LogP contribution in [-0.2, 0) is 25.5 Å². The number of ether oxygens (including phenoxy) is 2. The summed E-state index contributed by atoms with van der Waals surface area (Å²) in [5, 5.41) is 3.69. The number of esters is 2. The van der Waals surface area contributed by atoms with Crippen molar-refractivity contribution >= 4 is 34.4 Å². The van der Waals surface area contributed by atoms with Crippen LogP contribution in [0.5, 0.6) is 0 Å². The maximum atomic E-state index is 12.0. The molecule has 7 heteroatoms. The molecule has 0 fully saturated rings. The fraction of sp³-hybridized carbons (Fsp3) is 0.227. The molecule has 3 rings (SSSR count). The number of H-pyrrole nitrogens is 1. The van der Waals surface area contributed by atoms with E-state index in [1.807, 2.05) is 30.5 Å². The predicted molar refractivity (Wildman–Crippen MR) is 109 cm³/mol. The molecule has 0 unspecified atom stereocenters. The minimum Gasteiger partial charge on any atom is -0.462 e. The lowest BCUT2D eigenvalue weighted by Gasteiger charge is -2.07. The lowest BCUT2D eigenvalue weighted by Crippen LogP contribution is -2.21. The fourth-order valence-corrected chi connectivity index (χ4v) is 2.89. The van der Waals surface area contributed by atoms with Crippen LogP contribution in [0.2, 0.25) is 0 Å². The van der Waals surface area contributed by atoms with Crippen molar-refractivity contribution in [3.8, 4) is 0 Å². The molecule has 3 aromatic rings. The molecular formula is C22H22N2O5. The number of rotatable bonds is 8. The molecule has 1 aromatic heterocycles. The molecule has 1 heterocycles. The molecule has 150 valence electrons. The van der Waals surface area contributed by atoms with Gasteiger partial charge in [0.2, 0.25) is 0 Å². The van der Waals surface area contributed by atoms with Gasteiger partial charge >= 0.3 is 11.9 Å². The van der Waals surface area contributed by atoms with Gasteiger partial charge in [0.1, 0.15) is 0 Å². The Kier molecular flexibility index (Phi) is 6.63. The smallest absolute Gasteiger partial charge is 0.338 e. The number of carbonyl (C=O) groups excluding carboxylic acids is 3. The van der Waals surface area contributed by atoms with E-state index < -0.39 is 17.8 Å². The van der Waals surface area contributed by atoms with Gasteiger partial charge in [0.05, 0.1) is 12.2 Å². The lowest BCUT2D eigenvalue weighted by atomic mass is 10.1. The predicted octanol–water partition coefficient (Wildman–Crippen LogP) is 3.46. The Balaban J connectivity index is 1.43. The van der Waals surface area contributed by atoms with Crippen molar-refractivity contribution < 1.29 is 23.9 Å². The molecule has 0 aliphatic heterocycles. The van der Waals surface area contributed by atoms with Gasteiger partial charge in [0.15, 0.2) is 6.61 Å². The topological polar surface area (TPSA) is 97.5 Å². The monoisotopic (exact) mass is 394 g/mol. The van der Waals surface area contributed by atoms with Crippen molar-refractivity contribution in [1.82, 2.24) is 4.98 Å². The number of aryl methyl sites for hydroxylation is 1. The van der Waals surface area contributed by atoms with Crippen LogP contribution in [0.3, 0.4) is 0 Å². The van der Waals surface area contributed by atoms with E-state index in [4.69, 9.17) is 9.47 Å². The minimum absolute atomic E-state index is 0.184. The standard InChI is InChI=1S/C22H22N2O5/c1-2-28-22(27)15-7-10-17(11-8-15)24-20(25)14-29-21(26)12-9-16-13-23-19-6-4-3-5-18(16)19/h3-8,10-11,13,23H,2,9,12,14H2,1H3,(H,24,25). The lowest BCUT2D eigenvalue weighted by molar-refractivity contribution is -0.147. The highest BCUT2D eigenvalue weighted by molar-refractivity contribution is 5.94. The first-order valence-electron chi connectivity index (χ1n) is 9.34. The Labute approximate surface area is 168 Å². The molecule has 7 nitrogen and oxygen atoms in total. The largest absolute Gasteiger partial charge is 0.462 e. The Morgan fingerprint density at radius 2 is 1.76 bits per heavy atom. The van der Waals surface area contributed by atoms with E-state index in [0.29, 0.717) is 24.3 Å². The van der Waals surface area contributed by atoms with Crippen LogP contribution in [0.4, 0.5) is 5.69 Å². The zero-order valence-corrected chi connectivity index (χ0v) is 16.1. The number of hydrogen-bond acceptors (Lipinski definition) is 5. The number of fused-ring (bicyclic) bond motifs is 1. The first kappa shape index (κ1) is 20.1. The van der Waals surface area contributed by atoms with Gasteiger partial charge in [-0.3, -0.25) is 9.59 Å². The summed E-state index contributed by atoms with van der Waals surface area (Å²) in [6.07, 6.45) is 2.59. The van der Waals surface area contributed by atoms with E-state index in [1.165, 1.54) is 0 Å². The van der Waals surface area contributed by atoms with Crippen molar-refractivity contribution in [1.29, 1.82) is 0 Å². The average Bonchev–Trinajstić information content (AvgIpc) is 3.14. The van der Waals surface area contributed by atoms with Gasteiger partial charge in [-0.2, -0.15) is 0 Å². The summed E-state index contributed by atoms with van der Waals surface area (Å²) in [6.45, 7) is 1.66. The molecule has 0 spiro atoms. The highest BCUT2D eigenvalue weighted by atomic mass is 16.5. The third-order valence-electron chi connectivity index (χ3n) is 4.32. The van der Waals surface area contributed by atoms with Gasteiger partial charge in [-0.05, 0) is 49.2 Å². The normalized spacial score (nSPS) is 10.5. The first-order valence-corrected chi connectivity index (χ1v) is 9.34. The van der Waals surface area contributed by atoms with E-state index in [2.05, 4.69) is 10.3 Å². The highest BCUT2D eigenvalue weighted by Crippen LogP contribution is 2.19. The van der Waals surface area contributed by atoms with Crippen LogP contribution >= 0.6 is 0 Å². The molecule has 0 saturated heterocycles. The SMILES string of the molecule is CCOC(=O)c1ccc(NC(=O)COC(=O)CCc2c[nH]c3ccccc23)cc1. The first-order chi connectivity index (χ1) is 14.1. The molecule has 0 saturated carbocycles. The van der Waals surface area contributed by atoms with Crippen LogP contribution in [0.25, 0.3) is 10.9 Å². The zero-order chi connectivity index (χ0) is 20.6. The quantitative estimate of drug-likeness (QED) is 0.570. The number of nitrogens with one attached hydrogen (secondary N) is 2. The second kappa shape index (κ2) is 9.54. The number of aromatic amines is 1. The van der Waals surface area contributed by atoms with Crippen molar-refractivity contribution in [2.75, 3.05) is 18.5 Å². The molecule has 29 heavy (non-hydrogen) atoms. The van der Waals surface area contributed by atoms with Crippen LogP contribution in [0.1, 0.15) is 29.3 Å². The number of hydrogen-bond donors (Lipinski definition) is 2. The summed E-state index contributed by atoms with van der Waals surface area (Å²) in [4.78, 5) is 38.7. The van der Waals surface area contributed by atoms with E-state index in [1.54, 1.807) is 31.2 Å². The number of anilines is 1. The summed E-state index contributed by atoms with van der Waals surface area (Å²) in [5.74, 6) is -1.31. The number of benzene rings is 2. The van der Waals surface area contributed by atoms with E-state index >= 15 is 0 Å². The minimum atomic E-state index is -0.450. The van der Waals surface area contributed by atoms with Crippen LogP contribution in [-0.4, -0.2) is 36.0 Å². The molecule has 2 N–H and O–H groups in total. The van der Waals surface area contributed by atoms with Crippen LogP contribution in [0, 0.1) is 0 Å². The van der Waals surface area contributed by atoms with Crippen molar-refractivity contribution in [3.05, 3.63) is 65.9 Å². The third-order valence-corrected chi connectivity index (χ3v) is 4.32. The Bertz CT molecular complexity index is 1010. The van der Waals surface area contributed by atoms with E-state index in [-0.39, 0.29) is 13.0 Å². The molecule has 0 atom stereocenters. The van der Waals surface area contributed by atoms with E-state index in [0.717, 1.165) is 16.5 Å². The second-order valence-electron chi connectivity index (χ2n) is 6.37. The summed E-state index contributed by atoms with van der Waals surface area (Å²) < 4.78 is 9.95. The maximum Gasteiger partial charge on any atom is 0.338 e. The number of para-hydroxylation sites is 1. The van der Waals surface area contributed by atoms with Gasteiger partial charge in [0, 0.05) is 29.2 Å². The number of amides is 1. The molecule has 0 aliphatic carbocycles. The summed E-state index contributed by atoms with van der Waals surface area (Å²) in [7, 11) is 0. The third kappa shape index (κ3) is 5.44. The summed E-state index contributed by atoms with van der Waals surface area (Å²) in [5.41, 5.74) is 2.94. The Hall–Kier alpha value is -3.61. The Morgan fingerprint density at radius 3 is 2.52 bits per heavy atom. The summed E-state index contributed by atoms with van der Waals surface area (Å²) in [6, 6.07) is 14.1. The van der Waals surface area contributed by atoms with Crippen molar-refractivity contribution in [3.63, 3.8) is 0 Å². The maximum absolute atomic E-state index is 12.0. The molecule has 0 bridgehead atoms. The average molecular weight is 394 g/mol. The fourth-order valence-electron chi connectivity index (χ4n) is 2.89. The van der Waals surface area contributed by atoms with Gasteiger partial charge in [0.25, 0.3) is 5.91 Å². The van der Waals surface area contributed by atoms with Crippen LogP contribution < -0.4 is 5.32 Å². The van der Waals surface area contributed by atoms with Crippen LogP contribution in [0.15, 0.2) is 54.7 Å². The van der Waals surface area contributed by atoms with Gasteiger partial charge < -0.3 is 19.8 Å². The molecule has 2 aromatic carbocycles. The molecule has 1 amide bonds. The number of aromatic nitrogens is 1. The molecule has 0 radical (unpaired) electrons. The van der Waals surface area contributed by atoms with E-state index in [9.17, 15) is 14.4 Å². The van der Waals surface area contributed by atoms with Gasteiger partial charge in [-0.1, -0.05) is 18.2 Å². The number of carbonyl (C=O) groups is 3. The summed E-state index contributed by atoms with van der Waals surface area (Å²) >= 11 is 0. The van der Waals surface area contributed by atoms with Gasteiger partial charge in [-0.25, -0.2) is 4.79 Å². The molecular weight excluding hydrogens is 372 g/mol. The zero-order valence-electron chi connectivity index (χ0n) is 16.1. The molecule has 0 aliphatic rings. The highest BCUT2D eigenvalue weighted by Gasteiger charge is 2.11. The second-order valence-corrected chi connectivity index (χ2v) is 6.37. The van der Waals surface area contributed by atoms with Crippen molar-refractivity contribution in [2.45, 2.75) is 19.8 Å².